The van der Waals surface area contributed by atoms with Gasteiger partial charge in [0.2, 0.25) is 0 Å². The van der Waals surface area contributed by atoms with Gasteiger partial charge in [-0.2, -0.15) is 5.12 Å². The highest BCUT2D eigenvalue weighted by atomic mass is 35.5. The Kier molecular flexibility index (Phi) is 3.72. The first-order valence-electron chi connectivity index (χ1n) is 6.32. The van der Waals surface area contributed by atoms with Crippen molar-refractivity contribution in [3.8, 4) is 0 Å². The van der Waals surface area contributed by atoms with E-state index in [0.29, 0.717) is 11.7 Å². The molecule has 3 rings (SSSR count). The Balaban J connectivity index is 1.83. The van der Waals surface area contributed by atoms with Gasteiger partial charge in [0.15, 0.2) is 6.23 Å². The van der Waals surface area contributed by atoms with Gasteiger partial charge in [0.1, 0.15) is 5.16 Å². The van der Waals surface area contributed by atoms with E-state index >= 15 is 0 Å². The van der Waals surface area contributed by atoms with Gasteiger partial charge in [0, 0.05) is 5.56 Å². The van der Waals surface area contributed by atoms with Gasteiger partial charge in [0.25, 0.3) is 0 Å². The molecule has 1 atom stereocenters. The molecule has 20 heavy (non-hydrogen) atoms. The molecular weight excluding hydrogens is 277 g/mol. The Morgan fingerprint density at radius 1 is 1.05 bits per heavy atom. The predicted molar refractivity (Wildman–Crippen MR) is 77.2 cm³/mol. The number of rotatable bonds is 3. The zero-order valence-corrected chi connectivity index (χ0v) is 11.4. The van der Waals surface area contributed by atoms with Gasteiger partial charge in [0.05, 0.1) is 6.61 Å². The van der Waals surface area contributed by atoms with Gasteiger partial charge in [-0.15, -0.1) is 0 Å². The van der Waals surface area contributed by atoms with E-state index in [1.54, 1.807) is 6.08 Å². The van der Waals surface area contributed by atoms with Crippen LogP contribution in [0.4, 0.5) is 4.48 Å². The number of hydrogen-bond acceptors (Lipinski definition) is 2. The van der Waals surface area contributed by atoms with Crippen molar-refractivity contribution in [2.75, 3.05) is 0 Å². The van der Waals surface area contributed by atoms with Crippen LogP contribution in [-0.2, 0) is 11.3 Å². The Bertz CT molecular complexity index is 629. The van der Waals surface area contributed by atoms with E-state index in [-0.39, 0.29) is 5.16 Å². The molecule has 0 radical (unpaired) electrons. The summed E-state index contributed by atoms with van der Waals surface area (Å²) in [5.41, 5.74) is 2.64. The van der Waals surface area contributed by atoms with Crippen molar-refractivity contribution in [3.63, 3.8) is 0 Å². The van der Waals surface area contributed by atoms with Gasteiger partial charge < -0.3 is 4.74 Å². The predicted octanol–water partition coefficient (Wildman–Crippen LogP) is 4.64. The summed E-state index contributed by atoms with van der Waals surface area (Å²) in [5.74, 6) is 0. The van der Waals surface area contributed by atoms with Crippen LogP contribution in [0.3, 0.4) is 0 Å². The lowest BCUT2D eigenvalue weighted by atomic mass is 10.0. The second-order valence-electron chi connectivity index (χ2n) is 4.56. The largest absolute Gasteiger partial charge is 0.347 e. The summed E-state index contributed by atoms with van der Waals surface area (Å²) >= 11 is 5.90. The molecule has 2 aromatic rings. The standard InChI is InChI=1S/C16H13ClFNO/c17-15-10-13-8-4-5-9-14(13)16(19(15)18)20-11-12-6-2-1-3-7-12/h1-10,16H,11H2. The molecule has 0 N–H and O–H groups in total. The molecule has 0 saturated heterocycles. The molecule has 4 heteroatoms. The third kappa shape index (κ3) is 2.55. The average Bonchev–Trinajstić information content (AvgIpc) is 2.49. The maximum Gasteiger partial charge on any atom is 0.186 e. The highest BCUT2D eigenvalue weighted by Crippen LogP contribution is 2.37. The van der Waals surface area contributed by atoms with Crippen LogP contribution in [0.25, 0.3) is 6.08 Å². The van der Waals surface area contributed by atoms with E-state index in [9.17, 15) is 4.48 Å². The number of fused-ring (bicyclic) bond motifs is 1. The van der Waals surface area contributed by atoms with Crippen LogP contribution < -0.4 is 0 Å². The second kappa shape index (κ2) is 5.65. The summed E-state index contributed by atoms with van der Waals surface area (Å²) in [5, 5.41) is 0.481. The van der Waals surface area contributed by atoms with Crippen molar-refractivity contribution in [2.24, 2.45) is 0 Å². The Labute approximate surface area is 122 Å². The quantitative estimate of drug-likeness (QED) is 0.603. The Hall–Kier alpha value is -1.84. The van der Waals surface area contributed by atoms with Crippen LogP contribution in [0.15, 0.2) is 59.8 Å². The fourth-order valence-corrected chi connectivity index (χ4v) is 2.40. The van der Waals surface area contributed by atoms with Crippen LogP contribution in [0.2, 0.25) is 0 Å². The molecule has 0 aliphatic carbocycles. The van der Waals surface area contributed by atoms with Crippen LogP contribution in [-0.4, -0.2) is 5.12 Å². The second-order valence-corrected chi connectivity index (χ2v) is 4.94. The summed E-state index contributed by atoms with van der Waals surface area (Å²) < 4.78 is 19.8. The minimum absolute atomic E-state index is 0.0294. The smallest absolute Gasteiger partial charge is 0.186 e. The first-order chi connectivity index (χ1) is 9.75. The van der Waals surface area contributed by atoms with E-state index in [0.717, 1.165) is 16.7 Å². The third-order valence-electron chi connectivity index (χ3n) is 3.20. The fraction of sp³-hybridized carbons (Fsp3) is 0.125. The van der Waals surface area contributed by atoms with Gasteiger partial charge in [-0.05, 0) is 17.2 Å². The number of nitrogens with zero attached hydrogens (tertiary/aromatic N) is 1. The Morgan fingerprint density at radius 3 is 2.55 bits per heavy atom. The molecule has 1 aliphatic rings. The molecule has 2 nitrogen and oxygen atoms in total. The minimum Gasteiger partial charge on any atom is -0.347 e. The SMILES string of the molecule is FN1C(Cl)=Cc2ccccc2C1OCc1ccccc1. The van der Waals surface area contributed by atoms with Crippen LogP contribution >= 0.6 is 11.6 Å². The average molecular weight is 290 g/mol. The first-order valence-corrected chi connectivity index (χ1v) is 6.70. The summed E-state index contributed by atoms with van der Waals surface area (Å²) in [7, 11) is 0. The molecular formula is C16H13ClFNO. The zero-order valence-electron chi connectivity index (χ0n) is 10.7. The summed E-state index contributed by atoms with van der Waals surface area (Å²) in [6, 6.07) is 17.1. The summed E-state index contributed by atoms with van der Waals surface area (Å²) in [6.45, 7) is 0.324. The van der Waals surface area contributed by atoms with E-state index in [1.807, 2.05) is 54.6 Å². The first kappa shape index (κ1) is 13.2. The van der Waals surface area contributed by atoms with Crippen LogP contribution in [0.5, 0.6) is 0 Å². The fourth-order valence-electron chi connectivity index (χ4n) is 2.20. The molecule has 2 aromatic carbocycles. The molecule has 0 fully saturated rings. The lowest BCUT2D eigenvalue weighted by Crippen LogP contribution is -2.24. The van der Waals surface area contributed by atoms with E-state index in [1.165, 1.54) is 0 Å². The zero-order chi connectivity index (χ0) is 13.9. The molecule has 102 valence electrons. The summed E-state index contributed by atoms with van der Waals surface area (Å²) in [6.07, 6.45) is 0.781. The lowest BCUT2D eigenvalue weighted by molar-refractivity contribution is -0.137. The topological polar surface area (TPSA) is 12.5 Å². The molecule has 0 saturated carbocycles. The monoisotopic (exact) mass is 289 g/mol. The molecule has 1 unspecified atom stereocenters. The molecule has 1 aliphatic heterocycles. The number of hydrogen-bond donors (Lipinski definition) is 0. The molecule has 0 spiro atoms. The van der Waals surface area contributed by atoms with E-state index in [2.05, 4.69) is 0 Å². The third-order valence-corrected chi connectivity index (χ3v) is 3.47. The highest BCUT2D eigenvalue weighted by Gasteiger charge is 2.28. The highest BCUT2D eigenvalue weighted by molar-refractivity contribution is 6.31. The van der Waals surface area contributed by atoms with Gasteiger partial charge in [-0.1, -0.05) is 70.7 Å². The van der Waals surface area contributed by atoms with Crippen molar-refractivity contribution >= 4 is 17.7 Å². The van der Waals surface area contributed by atoms with Crippen molar-refractivity contribution < 1.29 is 9.22 Å². The number of benzene rings is 2. The molecule has 0 aromatic heterocycles. The maximum atomic E-state index is 14.1. The Morgan fingerprint density at radius 2 is 1.75 bits per heavy atom. The number of ether oxygens (including phenoxy) is 1. The van der Waals surface area contributed by atoms with E-state index < -0.39 is 6.23 Å². The minimum atomic E-state index is -0.816. The summed E-state index contributed by atoms with van der Waals surface area (Å²) in [4.78, 5) is 0. The van der Waals surface area contributed by atoms with Crippen LogP contribution in [0.1, 0.15) is 22.9 Å². The maximum absolute atomic E-state index is 14.1. The molecule has 1 heterocycles. The van der Waals surface area contributed by atoms with Gasteiger partial charge in [-0.25, -0.2) is 0 Å². The van der Waals surface area contributed by atoms with Gasteiger partial charge >= 0.3 is 0 Å². The normalized spacial score (nSPS) is 17.6. The molecule has 0 amide bonds. The number of halogens is 2. The van der Waals surface area contributed by atoms with E-state index in [4.69, 9.17) is 16.3 Å². The van der Waals surface area contributed by atoms with Crippen molar-refractivity contribution in [1.82, 2.24) is 5.12 Å². The van der Waals surface area contributed by atoms with Crippen molar-refractivity contribution in [1.29, 1.82) is 0 Å². The van der Waals surface area contributed by atoms with Gasteiger partial charge in [-0.3, -0.25) is 0 Å². The van der Waals surface area contributed by atoms with Crippen LogP contribution in [0, 0.1) is 0 Å². The van der Waals surface area contributed by atoms with Crippen molar-refractivity contribution in [2.45, 2.75) is 12.8 Å². The lowest BCUT2D eigenvalue weighted by Gasteiger charge is -2.29. The van der Waals surface area contributed by atoms with Crippen molar-refractivity contribution in [3.05, 3.63) is 76.4 Å². The molecule has 0 bridgehead atoms.